The van der Waals surface area contributed by atoms with Crippen molar-refractivity contribution >= 4 is 33.4 Å². The maximum Gasteiger partial charge on any atom is 0.257 e. The molecule has 0 spiro atoms. The lowest BCUT2D eigenvalue weighted by Crippen LogP contribution is -2.27. The van der Waals surface area contributed by atoms with Crippen molar-refractivity contribution in [1.29, 1.82) is 0 Å². The van der Waals surface area contributed by atoms with Crippen LogP contribution in [0.25, 0.3) is 11.3 Å². The molecule has 0 fully saturated rings. The Bertz CT molecular complexity index is 1020. The van der Waals surface area contributed by atoms with Crippen LogP contribution in [0.1, 0.15) is 34.6 Å². The highest BCUT2D eigenvalue weighted by molar-refractivity contribution is 9.10. The zero-order valence-corrected chi connectivity index (χ0v) is 17.7. The van der Waals surface area contributed by atoms with E-state index in [2.05, 4.69) is 26.4 Å². The Balaban J connectivity index is 1.92. The molecule has 1 amide bonds. The molecule has 1 N–H and O–H groups in total. The van der Waals surface area contributed by atoms with Crippen molar-refractivity contribution in [3.63, 3.8) is 0 Å². The summed E-state index contributed by atoms with van der Waals surface area (Å²) in [4.78, 5) is 12.9. The van der Waals surface area contributed by atoms with Crippen LogP contribution in [0.3, 0.4) is 0 Å². The fraction of sp³-hybridized carbons (Fsp3) is 0.200. The number of benzene rings is 2. The highest BCUT2D eigenvalue weighted by atomic mass is 79.9. The van der Waals surface area contributed by atoms with Crippen LogP contribution in [-0.2, 0) is 0 Å². The van der Waals surface area contributed by atoms with Crippen LogP contribution in [0.2, 0.25) is 5.02 Å². The van der Waals surface area contributed by atoms with Crippen molar-refractivity contribution in [2.75, 3.05) is 7.11 Å². The smallest absolute Gasteiger partial charge is 0.257 e. The minimum absolute atomic E-state index is 0.0333. The predicted octanol–water partition coefficient (Wildman–Crippen LogP) is 5.70. The van der Waals surface area contributed by atoms with Gasteiger partial charge in [0.25, 0.3) is 5.91 Å². The summed E-state index contributed by atoms with van der Waals surface area (Å²) in [6, 6.07) is 9.46. The van der Waals surface area contributed by atoms with Crippen LogP contribution in [0.5, 0.6) is 5.75 Å². The molecule has 3 aromatic rings. The second-order valence-corrected chi connectivity index (χ2v) is 7.41. The summed E-state index contributed by atoms with van der Waals surface area (Å²) >= 11 is 9.56. The third kappa shape index (κ3) is 3.91. The maximum absolute atomic E-state index is 14.3. The van der Waals surface area contributed by atoms with Gasteiger partial charge < -0.3 is 14.6 Å². The van der Waals surface area contributed by atoms with Gasteiger partial charge in [-0.25, -0.2) is 4.39 Å². The number of rotatable bonds is 5. The number of aromatic nitrogens is 1. The lowest BCUT2D eigenvalue weighted by molar-refractivity contribution is 0.0939. The first-order chi connectivity index (χ1) is 13.3. The summed E-state index contributed by atoms with van der Waals surface area (Å²) in [6.45, 7) is 3.43. The van der Waals surface area contributed by atoms with E-state index in [0.717, 1.165) is 10.0 Å². The van der Waals surface area contributed by atoms with Crippen LogP contribution in [-0.4, -0.2) is 18.2 Å². The van der Waals surface area contributed by atoms with Crippen molar-refractivity contribution in [2.24, 2.45) is 0 Å². The Morgan fingerprint density at radius 2 is 2.11 bits per heavy atom. The molecule has 8 heteroatoms. The Kier molecular flexibility index (Phi) is 6.05. The average molecular weight is 468 g/mol. The lowest BCUT2D eigenvalue weighted by atomic mass is 10.0. The van der Waals surface area contributed by atoms with Gasteiger partial charge in [0, 0.05) is 0 Å². The van der Waals surface area contributed by atoms with E-state index in [1.165, 1.54) is 18.2 Å². The summed E-state index contributed by atoms with van der Waals surface area (Å²) in [5, 5.41) is 6.90. The first-order valence-corrected chi connectivity index (χ1v) is 9.55. The van der Waals surface area contributed by atoms with Crippen LogP contribution >= 0.6 is 27.5 Å². The predicted molar refractivity (Wildman–Crippen MR) is 108 cm³/mol. The van der Waals surface area contributed by atoms with Crippen molar-refractivity contribution < 1.29 is 18.4 Å². The summed E-state index contributed by atoms with van der Waals surface area (Å²) in [5.74, 6) is -0.0574. The van der Waals surface area contributed by atoms with Gasteiger partial charge in [-0.2, -0.15) is 0 Å². The molecule has 1 unspecified atom stereocenters. The van der Waals surface area contributed by atoms with E-state index in [1.807, 2.05) is 19.1 Å². The first-order valence-electron chi connectivity index (χ1n) is 8.38. The summed E-state index contributed by atoms with van der Waals surface area (Å²) in [5.41, 5.74) is 1.11. The third-order valence-electron chi connectivity index (χ3n) is 4.31. The van der Waals surface area contributed by atoms with Gasteiger partial charge in [-0.1, -0.05) is 28.9 Å². The fourth-order valence-corrected chi connectivity index (χ4v) is 3.65. The molecule has 28 heavy (non-hydrogen) atoms. The molecule has 1 atom stereocenters. The minimum Gasteiger partial charge on any atom is -0.496 e. The average Bonchev–Trinajstić information content (AvgIpc) is 3.02. The molecule has 0 radical (unpaired) electrons. The SMILES string of the molecule is COc1ccc(C(C)NC(=O)c2c(-c3c(F)cccc3Cl)noc2C)cc1Br. The van der Waals surface area contributed by atoms with Gasteiger partial charge in [0.05, 0.1) is 28.2 Å². The molecule has 0 aliphatic rings. The van der Waals surface area contributed by atoms with E-state index in [-0.39, 0.29) is 33.6 Å². The van der Waals surface area contributed by atoms with Gasteiger partial charge in [0.2, 0.25) is 0 Å². The quantitative estimate of drug-likeness (QED) is 0.522. The van der Waals surface area contributed by atoms with E-state index in [0.29, 0.717) is 5.75 Å². The highest BCUT2D eigenvalue weighted by Gasteiger charge is 2.26. The highest BCUT2D eigenvalue weighted by Crippen LogP contribution is 2.34. The molecule has 3 rings (SSSR count). The molecule has 1 heterocycles. The second-order valence-electron chi connectivity index (χ2n) is 6.15. The monoisotopic (exact) mass is 466 g/mol. The number of nitrogens with one attached hydrogen (secondary N) is 1. The fourth-order valence-electron chi connectivity index (χ4n) is 2.84. The number of amides is 1. The van der Waals surface area contributed by atoms with Gasteiger partial charge in [-0.3, -0.25) is 4.79 Å². The Hall–Kier alpha value is -2.38. The number of halogens is 3. The summed E-state index contributed by atoms with van der Waals surface area (Å²) in [6.07, 6.45) is 0. The van der Waals surface area contributed by atoms with E-state index in [1.54, 1.807) is 20.1 Å². The first kappa shape index (κ1) is 20.4. The normalized spacial score (nSPS) is 11.9. The Morgan fingerprint density at radius 1 is 1.36 bits per heavy atom. The van der Waals surface area contributed by atoms with E-state index in [9.17, 15) is 9.18 Å². The molecular formula is C20H17BrClFN2O3. The van der Waals surface area contributed by atoms with Gasteiger partial charge in [0.15, 0.2) is 0 Å². The third-order valence-corrected chi connectivity index (χ3v) is 5.25. The second kappa shape index (κ2) is 8.32. The number of carbonyl (C=O) groups excluding carboxylic acids is 1. The molecule has 5 nitrogen and oxygen atoms in total. The van der Waals surface area contributed by atoms with Crippen LogP contribution in [0.4, 0.5) is 4.39 Å². The molecule has 1 aromatic heterocycles. The number of methoxy groups -OCH3 is 1. The van der Waals surface area contributed by atoms with Crippen molar-refractivity contribution in [3.05, 3.63) is 68.6 Å². The van der Waals surface area contributed by atoms with Crippen LogP contribution in [0.15, 0.2) is 45.4 Å². The largest absolute Gasteiger partial charge is 0.496 e. The number of ether oxygens (including phenoxy) is 1. The van der Waals surface area contributed by atoms with E-state index < -0.39 is 11.7 Å². The number of nitrogens with zero attached hydrogens (tertiary/aromatic N) is 1. The van der Waals surface area contributed by atoms with Crippen molar-refractivity contribution in [2.45, 2.75) is 19.9 Å². The van der Waals surface area contributed by atoms with Crippen molar-refractivity contribution in [3.8, 4) is 17.0 Å². The van der Waals surface area contributed by atoms with Gasteiger partial charge in [-0.05, 0) is 59.6 Å². The van der Waals surface area contributed by atoms with Crippen LogP contribution < -0.4 is 10.1 Å². The van der Waals surface area contributed by atoms with E-state index in [4.69, 9.17) is 20.9 Å². The molecule has 0 aliphatic carbocycles. The molecule has 0 saturated carbocycles. The van der Waals surface area contributed by atoms with Gasteiger partial charge in [-0.15, -0.1) is 0 Å². The van der Waals surface area contributed by atoms with Crippen LogP contribution in [0, 0.1) is 12.7 Å². The lowest BCUT2D eigenvalue weighted by Gasteiger charge is -2.16. The Labute approximate surface area is 174 Å². The zero-order chi connectivity index (χ0) is 20.4. The maximum atomic E-state index is 14.3. The standard InChI is InChI=1S/C20H17BrClFN2O3/c1-10(12-7-8-16(27-3)13(21)9-12)24-20(26)17-11(2)28-25-19(17)18-14(22)5-4-6-15(18)23/h4-10H,1-3H3,(H,24,26). The molecule has 2 aromatic carbocycles. The zero-order valence-electron chi connectivity index (χ0n) is 15.3. The van der Waals surface area contributed by atoms with Gasteiger partial charge >= 0.3 is 0 Å². The molecule has 146 valence electrons. The molecule has 0 aliphatic heterocycles. The summed E-state index contributed by atoms with van der Waals surface area (Å²) < 4.78 is 25.5. The Morgan fingerprint density at radius 3 is 2.75 bits per heavy atom. The van der Waals surface area contributed by atoms with Crippen molar-refractivity contribution in [1.82, 2.24) is 10.5 Å². The topological polar surface area (TPSA) is 64.4 Å². The molecule has 0 bridgehead atoms. The van der Waals surface area contributed by atoms with E-state index >= 15 is 0 Å². The number of carbonyl (C=O) groups is 1. The van der Waals surface area contributed by atoms with Gasteiger partial charge in [0.1, 0.15) is 28.6 Å². The minimum atomic E-state index is -0.581. The number of aryl methyl sites for hydroxylation is 1. The number of hydrogen-bond acceptors (Lipinski definition) is 4. The number of hydrogen-bond donors (Lipinski definition) is 1. The molecule has 0 saturated heterocycles. The molecular weight excluding hydrogens is 451 g/mol. The summed E-state index contributed by atoms with van der Waals surface area (Å²) in [7, 11) is 1.58.